The van der Waals surface area contributed by atoms with Gasteiger partial charge in [0.1, 0.15) is 0 Å². The Balaban J connectivity index is 2.42. The first-order valence-electron chi connectivity index (χ1n) is 3.94. The third-order valence-electron chi connectivity index (χ3n) is 1.87. The van der Waals surface area contributed by atoms with E-state index in [1.165, 1.54) is 11.8 Å². The van der Waals surface area contributed by atoms with Crippen molar-refractivity contribution in [3.63, 3.8) is 0 Å². The Morgan fingerprint density at radius 3 is 3.08 bits per heavy atom. The minimum absolute atomic E-state index is 0.0361. The largest absolute Gasteiger partial charge is 0.324 e. The van der Waals surface area contributed by atoms with Crippen molar-refractivity contribution in [1.82, 2.24) is 0 Å². The van der Waals surface area contributed by atoms with E-state index >= 15 is 0 Å². The third kappa shape index (κ3) is 1.67. The van der Waals surface area contributed by atoms with Gasteiger partial charge in [-0.05, 0) is 25.1 Å². The normalized spacial score (nSPS) is 20.8. The van der Waals surface area contributed by atoms with Gasteiger partial charge in [0.2, 0.25) is 5.91 Å². The summed E-state index contributed by atoms with van der Waals surface area (Å²) in [6.07, 6.45) is 0. The molecule has 0 aliphatic carbocycles. The second-order valence-electron chi connectivity index (χ2n) is 2.89. The first kappa shape index (κ1) is 8.91. The number of thioether (sulfide) groups is 1. The van der Waals surface area contributed by atoms with Gasteiger partial charge in [0, 0.05) is 9.92 Å². The van der Waals surface area contributed by atoms with Gasteiger partial charge < -0.3 is 5.32 Å². The lowest BCUT2D eigenvalue weighted by Gasteiger charge is -2.21. The first-order valence-corrected chi connectivity index (χ1v) is 5.19. The number of hydrogen-bond donors (Lipinski definition) is 1. The van der Waals surface area contributed by atoms with Crippen LogP contribution in [0.3, 0.4) is 0 Å². The smallest absolute Gasteiger partial charge is 0.237 e. The maximum absolute atomic E-state index is 11.3. The average Bonchev–Trinajstić information content (AvgIpc) is 2.08. The molecule has 0 fully saturated rings. The number of amides is 1. The van der Waals surface area contributed by atoms with E-state index in [-0.39, 0.29) is 11.2 Å². The van der Waals surface area contributed by atoms with Gasteiger partial charge in [-0.25, -0.2) is 0 Å². The van der Waals surface area contributed by atoms with Gasteiger partial charge in [0.15, 0.2) is 0 Å². The number of rotatable bonds is 0. The van der Waals surface area contributed by atoms with Crippen molar-refractivity contribution in [2.75, 3.05) is 5.32 Å². The van der Waals surface area contributed by atoms with E-state index in [0.717, 1.165) is 10.6 Å². The molecule has 1 aromatic rings. The molecule has 1 aliphatic rings. The fraction of sp³-hybridized carbons (Fsp3) is 0.222. The molecule has 1 aliphatic heterocycles. The van der Waals surface area contributed by atoms with Crippen LogP contribution in [-0.2, 0) is 4.79 Å². The molecule has 1 N–H and O–H groups in total. The third-order valence-corrected chi connectivity index (χ3v) is 3.27. The lowest BCUT2D eigenvalue weighted by atomic mass is 10.3. The van der Waals surface area contributed by atoms with Crippen LogP contribution in [0.4, 0.5) is 5.69 Å². The minimum Gasteiger partial charge on any atom is -0.324 e. The van der Waals surface area contributed by atoms with Crippen LogP contribution < -0.4 is 5.32 Å². The van der Waals surface area contributed by atoms with Crippen LogP contribution in [0.1, 0.15) is 6.92 Å². The highest BCUT2D eigenvalue weighted by Crippen LogP contribution is 2.36. The Labute approximate surface area is 85.7 Å². The zero-order valence-electron chi connectivity index (χ0n) is 7.00. The first-order chi connectivity index (χ1) is 6.16. The maximum atomic E-state index is 11.3. The molecule has 1 heterocycles. The summed E-state index contributed by atoms with van der Waals surface area (Å²) in [4.78, 5) is 12.3. The van der Waals surface area contributed by atoms with Crippen LogP contribution >= 0.6 is 23.4 Å². The molecule has 0 bridgehead atoms. The predicted molar refractivity (Wildman–Crippen MR) is 55.4 cm³/mol. The lowest BCUT2D eigenvalue weighted by Crippen LogP contribution is -2.26. The topological polar surface area (TPSA) is 29.1 Å². The molecule has 68 valence electrons. The SMILES string of the molecule is CC1Sc2cc(Cl)ccc2NC1=O. The van der Waals surface area contributed by atoms with E-state index in [9.17, 15) is 4.79 Å². The Hall–Kier alpha value is -0.670. The van der Waals surface area contributed by atoms with E-state index in [1.807, 2.05) is 19.1 Å². The van der Waals surface area contributed by atoms with E-state index in [0.29, 0.717) is 5.02 Å². The van der Waals surface area contributed by atoms with E-state index in [1.54, 1.807) is 6.07 Å². The van der Waals surface area contributed by atoms with Crippen molar-refractivity contribution in [2.24, 2.45) is 0 Å². The molecule has 4 heteroatoms. The maximum Gasteiger partial charge on any atom is 0.237 e. The van der Waals surface area contributed by atoms with E-state index in [2.05, 4.69) is 5.32 Å². The Bertz CT molecular complexity index is 367. The second-order valence-corrected chi connectivity index (χ2v) is 4.71. The van der Waals surface area contributed by atoms with Crippen molar-refractivity contribution >= 4 is 35.0 Å². The number of carbonyl (C=O) groups excluding carboxylic acids is 1. The summed E-state index contributed by atoms with van der Waals surface area (Å²) in [7, 11) is 0. The Morgan fingerprint density at radius 1 is 1.54 bits per heavy atom. The van der Waals surface area contributed by atoms with E-state index < -0.39 is 0 Å². The van der Waals surface area contributed by atoms with Crippen LogP contribution in [0.2, 0.25) is 5.02 Å². The van der Waals surface area contributed by atoms with Gasteiger partial charge in [-0.2, -0.15) is 0 Å². The van der Waals surface area contributed by atoms with Crippen LogP contribution in [0.5, 0.6) is 0 Å². The summed E-state index contributed by atoms with van der Waals surface area (Å²) < 4.78 is 0. The van der Waals surface area contributed by atoms with Crippen LogP contribution in [0.15, 0.2) is 23.1 Å². The van der Waals surface area contributed by atoms with Gasteiger partial charge in [0.25, 0.3) is 0 Å². The van der Waals surface area contributed by atoms with Crippen molar-refractivity contribution < 1.29 is 4.79 Å². The Morgan fingerprint density at radius 2 is 2.31 bits per heavy atom. The minimum atomic E-state index is -0.0361. The monoisotopic (exact) mass is 213 g/mol. The fourth-order valence-electron chi connectivity index (χ4n) is 1.18. The molecule has 0 spiro atoms. The number of fused-ring (bicyclic) bond motifs is 1. The van der Waals surface area contributed by atoms with Gasteiger partial charge in [0.05, 0.1) is 10.9 Å². The summed E-state index contributed by atoms with van der Waals surface area (Å²) >= 11 is 7.37. The lowest BCUT2D eigenvalue weighted by molar-refractivity contribution is -0.115. The fourth-order valence-corrected chi connectivity index (χ4v) is 2.40. The van der Waals surface area contributed by atoms with Gasteiger partial charge in [-0.3, -0.25) is 4.79 Å². The molecular weight excluding hydrogens is 206 g/mol. The molecule has 0 saturated carbocycles. The van der Waals surface area contributed by atoms with Crippen molar-refractivity contribution in [3.8, 4) is 0 Å². The van der Waals surface area contributed by atoms with Crippen molar-refractivity contribution in [3.05, 3.63) is 23.2 Å². The van der Waals surface area contributed by atoms with Gasteiger partial charge in [-0.15, -0.1) is 11.8 Å². The van der Waals surface area contributed by atoms with Crippen LogP contribution in [-0.4, -0.2) is 11.2 Å². The summed E-state index contributed by atoms with van der Waals surface area (Å²) in [5, 5.41) is 3.49. The van der Waals surface area contributed by atoms with E-state index in [4.69, 9.17) is 11.6 Å². The summed E-state index contributed by atoms with van der Waals surface area (Å²) in [6, 6.07) is 5.48. The molecule has 1 amide bonds. The van der Waals surface area contributed by atoms with Crippen LogP contribution in [0, 0.1) is 0 Å². The molecule has 1 unspecified atom stereocenters. The number of hydrogen-bond acceptors (Lipinski definition) is 2. The molecule has 1 aromatic carbocycles. The zero-order chi connectivity index (χ0) is 9.42. The predicted octanol–water partition coefficient (Wildman–Crippen LogP) is 2.77. The van der Waals surface area contributed by atoms with Gasteiger partial charge >= 0.3 is 0 Å². The number of anilines is 1. The molecule has 0 radical (unpaired) electrons. The second kappa shape index (κ2) is 3.24. The van der Waals surface area contributed by atoms with Crippen molar-refractivity contribution in [1.29, 1.82) is 0 Å². The number of nitrogens with one attached hydrogen (secondary N) is 1. The molecule has 2 nitrogen and oxygen atoms in total. The number of benzene rings is 1. The molecular formula is C9H8ClNOS. The highest BCUT2D eigenvalue weighted by molar-refractivity contribution is 8.01. The molecule has 0 aromatic heterocycles. The van der Waals surface area contributed by atoms with Crippen LogP contribution in [0.25, 0.3) is 0 Å². The standard InChI is InChI=1S/C9H8ClNOS/c1-5-9(12)11-7-3-2-6(10)4-8(7)13-5/h2-5H,1H3,(H,11,12). The highest BCUT2D eigenvalue weighted by atomic mass is 35.5. The summed E-state index contributed by atoms with van der Waals surface area (Å²) in [5.41, 5.74) is 0.859. The molecule has 2 rings (SSSR count). The molecule has 0 saturated heterocycles. The summed E-state index contributed by atoms with van der Waals surface area (Å²) in [6.45, 7) is 1.88. The quantitative estimate of drug-likeness (QED) is 0.718. The number of carbonyl (C=O) groups is 1. The summed E-state index contributed by atoms with van der Waals surface area (Å²) in [5.74, 6) is 0.0554. The highest BCUT2D eigenvalue weighted by Gasteiger charge is 2.22. The average molecular weight is 214 g/mol. The van der Waals surface area contributed by atoms with Gasteiger partial charge in [-0.1, -0.05) is 11.6 Å². The molecule has 1 atom stereocenters. The zero-order valence-corrected chi connectivity index (χ0v) is 8.58. The molecule has 13 heavy (non-hydrogen) atoms. The Kier molecular flexibility index (Phi) is 2.22. The van der Waals surface area contributed by atoms with Crippen molar-refractivity contribution in [2.45, 2.75) is 17.1 Å². The number of halogens is 1.